The van der Waals surface area contributed by atoms with Gasteiger partial charge in [0.2, 0.25) is 0 Å². The molecule has 0 aliphatic carbocycles. The van der Waals surface area contributed by atoms with Gasteiger partial charge in [-0.2, -0.15) is 0 Å². The van der Waals surface area contributed by atoms with Gasteiger partial charge in [0.1, 0.15) is 5.75 Å². The molecule has 2 rings (SSSR count). The number of ketones is 1. The van der Waals surface area contributed by atoms with Crippen LogP contribution in [0, 0.1) is 6.92 Å². The summed E-state index contributed by atoms with van der Waals surface area (Å²) in [4.78, 5) is 12.7. The van der Waals surface area contributed by atoms with Crippen molar-refractivity contribution >= 4 is 17.5 Å². The van der Waals surface area contributed by atoms with E-state index in [1.165, 1.54) is 10.5 Å². The van der Waals surface area contributed by atoms with Gasteiger partial charge in [-0.3, -0.25) is 4.79 Å². The number of Topliss-reactive ketones (excluding diaryl/α,β-unsaturated/α-hetero) is 1. The van der Waals surface area contributed by atoms with E-state index >= 15 is 0 Å². The molecule has 0 aromatic heterocycles. The van der Waals surface area contributed by atoms with Gasteiger partial charge in [0.05, 0.1) is 7.11 Å². The molecule has 0 fully saturated rings. The van der Waals surface area contributed by atoms with Crippen LogP contribution in [0.25, 0.3) is 0 Å². The van der Waals surface area contributed by atoms with Gasteiger partial charge < -0.3 is 4.74 Å². The maximum absolute atomic E-state index is 11.5. The number of aryl methyl sites for hydroxylation is 1. The van der Waals surface area contributed by atoms with E-state index in [0.717, 1.165) is 22.6 Å². The normalized spacial score (nSPS) is 10.3. The fraction of sp³-hybridized carbons (Fsp3) is 0.235. The molecular formula is C17H18O2S. The van der Waals surface area contributed by atoms with Crippen molar-refractivity contribution in [3.63, 3.8) is 0 Å². The van der Waals surface area contributed by atoms with Crippen molar-refractivity contribution in [1.29, 1.82) is 0 Å². The highest BCUT2D eigenvalue weighted by Gasteiger charge is 2.08. The Labute approximate surface area is 124 Å². The molecule has 0 atom stereocenters. The Bertz CT molecular complexity index is 620. The Kier molecular flexibility index (Phi) is 4.85. The summed E-state index contributed by atoms with van der Waals surface area (Å²) >= 11 is 1.76. The third-order valence-corrected chi connectivity index (χ3v) is 4.39. The van der Waals surface area contributed by atoms with Crippen LogP contribution in [0.4, 0.5) is 0 Å². The zero-order valence-electron chi connectivity index (χ0n) is 12.0. The summed E-state index contributed by atoms with van der Waals surface area (Å²) in [7, 11) is 1.66. The van der Waals surface area contributed by atoms with Crippen LogP contribution in [0.1, 0.15) is 28.4 Å². The summed E-state index contributed by atoms with van der Waals surface area (Å²) in [6, 6.07) is 13.9. The van der Waals surface area contributed by atoms with Crippen molar-refractivity contribution in [3.8, 4) is 5.75 Å². The largest absolute Gasteiger partial charge is 0.496 e. The minimum Gasteiger partial charge on any atom is -0.496 e. The highest BCUT2D eigenvalue weighted by atomic mass is 32.2. The minimum absolute atomic E-state index is 0.0785. The predicted octanol–water partition coefficient (Wildman–Crippen LogP) is 4.50. The van der Waals surface area contributed by atoms with Crippen molar-refractivity contribution in [2.75, 3.05) is 7.11 Å². The van der Waals surface area contributed by atoms with E-state index in [-0.39, 0.29) is 5.78 Å². The summed E-state index contributed by atoms with van der Waals surface area (Å²) in [6.07, 6.45) is 0. The van der Waals surface area contributed by atoms with Crippen LogP contribution in [-0.2, 0) is 5.75 Å². The fourth-order valence-corrected chi connectivity index (χ4v) is 2.99. The maximum atomic E-state index is 11.5. The van der Waals surface area contributed by atoms with Gasteiger partial charge >= 0.3 is 0 Å². The lowest BCUT2D eigenvalue weighted by Gasteiger charge is -2.10. The van der Waals surface area contributed by atoms with E-state index < -0.39 is 0 Å². The summed E-state index contributed by atoms with van der Waals surface area (Å²) in [5.41, 5.74) is 3.04. The number of methoxy groups -OCH3 is 1. The average Bonchev–Trinajstić information content (AvgIpc) is 2.46. The zero-order valence-corrected chi connectivity index (χ0v) is 12.8. The van der Waals surface area contributed by atoms with E-state index in [4.69, 9.17) is 4.74 Å². The smallest absolute Gasteiger partial charge is 0.159 e. The first-order valence-electron chi connectivity index (χ1n) is 6.48. The Morgan fingerprint density at radius 1 is 1.20 bits per heavy atom. The summed E-state index contributed by atoms with van der Waals surface area (Å²) in [5, 5.41) is 0. The summed E-state index contributed by atoms with van der Waals surface area (Å²) in [5.74, 6) is 1.70. The molecule has 0 radical (unpaired) electrons. The third-order valence-electron chi connectivity index (χ3n) is 3.16. The lowest BCUT2D eigenvalue weighted by molar-refractivity contribution is 0.101. The van der Waals surface area contributed by atoms with Crippen molar-refractivity contribution in [2.24, 2.45) is 0 Å². The van der Waals surface area contributed by atoms with Gasteiger partial charge in [0, 0.05) is 21.8 Å². The monoisotopic (exact) mass is 286 g/mol. The molecule has 3 heteroatoms. The average molecular weight is 286 g/mol. The first-order valence-corrected chi connectivity index (χ1v) is 7.46. The van der Waals surface area contributed by atoms with Gasteiger partial charge in [0.25, 0.3) is 0 Å². The molecule has 0 saturated heterocycles. The number of carbonyl (C=O) groups is 1. The molecule has 0 aliphatic rings. The van der Waals surface area contributed by atoms with Crippen molar-refractivity contribution in [3.05, 3.63) is 59.2 Å². The van der Waals surface area contributed by atoms with Crippen LogP contribution in [0.15, 0.2) is 47.4 Å². The van der Waals surface area contributed by atoms with Gasteiger partial charge in [-0.1, -0.05) is 18.2 Å². The molecule has 2 nitrogen and oxygen atoms in total. The molecular weight excluding hydrogens is 268 g/mol. The number of rotatable bonds is 5. The molecule has 2 aromatic carbocycles. The SMILES string of the molecule is COc1ccc(C(C)=O)cc1CSc1ccccc1C. The molecule has 104 valence electrons. The zero-order chi connectivity index (χ0) is 14.5. The van der Waals surface area contributed by atoms with Crippen molar-refractivity contribution in [2.45, 2.75) is 24.5 Å². The number of hydrogen-bond donors (Lipinski definition) is 0. The van der Waals surface area contributed by atoms with E-state index in [2.05, 4.69) is 19.1 Å². The molecule has 0 amide bonds. The van der Waals surface area contributed by atoms with E-state index in [1.807, 2.05) is 30.3 Å². The van der Waals surface area contributed by atoms with Gasteiger partial charge in [-0.25, -0.2) is 0 Å². The Morgan fingerprint density at radius 2 is 1.95 bits per heavy atom. The lowest BCUT2D eigenvalue weighted by atomic mass is 10.1. The number of ether oxygens (including phenoxy) is 1. The number of hydrogen-bond acceptors (Lipinski definition) is 3. The molecule has 20 heavy (non-hydrogen) atoms. The van der Waals surface area contributed by atoms with Crippen LogP contribution < -0.4 is 4.74 Å². The topological polar surface area (TPSA) is 26.3 Å². The second-order valence-corrected chi connectivity index (χ2v) is 5.65. The quantitative estimate of drug-likeness (QED) is 0.598. The standard InChI is InChI=1S/C17H18O2S/c1-12-6-4-5-7-17(12)20-11-15-10-14(13(2)18)8-9-16(15)19-3/h4-10H,11H2,1-3H3. The second-order valence-electron chi connectivity index (χ2n) is 4.64. The van der Waals surface area contributed by atoms with Crippen LogP contribution in [0.5, 0.6) is 5.75 Å². The molecule has 0 N–H and O–H groups in total. The number of carbonyl (C=O) groups excluding carboxylic acids is 1. The molecule has 0 spiro atoms. The number of thioether (sulfide) groups is 1. The minimum atomic E-state index is 0.0785. The van der Waals surface area contributed by atoms with Crippen LogP contribution in [0.2, 0.25) is 0 Å². The Hall–Kier alpha value is -1.74. The highest BCUT2D eigenvalue weighted by molar-refractivity contribution is 7.98. The van der Waals surface area contributed by atoms with Gasteiger partial charge in [0.15, 0.2) is 5.78 Å². The maximum Gasteiger partial charge on any atom is 0.159 e. The molecule has 0 aliphatic heterocycles. The molecule has 2 aromatic rings. The predicted molar refractivity (Wildman–Crippen MR) is 83.7 cm³/mol. The lowest BCUT2D eigenvalue weighted by Crippen LogP contribution is -1.97. The van der Waals surface area contributed by atoms with Gasteiger partial charge in [-0.05, 0) is 43.7 Å². The van der Waals surface area contributed by atoms with E-state index in [1.54, 1.807) is 25.8 Å². The first-order chi connectivity index (χ1) is 9.61. The molecule has 0 unspecified atom stereocenters. The summed E-state index contributed by atoms with van der Waals surface area (Å²) in [6.45, 7) is 3.69. The van der Waals surface area contributed by atoms with Crippen LogP contribution >= 0.6 is 11.8 Å². The van der Waals surface area contributed by atoms with E-state index in [9.17, 15) is 4.79 Å². The van der Waals surface area contributed by atoms with Gasteiger partial charge in [-0.15, -0.1) is 11.8 Å². The van der Waals surface area contributed by atoms with Crippen molar-refractivity contribution < 1.29 is 9.53 Å². The van der Waals surface area contributed by atoms with Crippen LogP contribution in [0.3, 0.4) is 0 Å². The second kappa shape index (κ2) is 6.62. The molecule has 0 heterocycles. The highest BCUT2D eigenvalue weighted by Crippen LogP contribution is 2.30. The van der Waals surface area contributed by atoms with Crippen molar-refractivity contribution in [1.82, 2.24) is 0 Å². The molecule has 0 bridgehead atoms. The molecule has 0 saturated carbocycles. The summed E-state index contributed by atoms with van der Waals surface area (Å²) < 4.78 is 5.37. The Balaban J connectivity index is 2.22. The van der Waals surface area contributed by atoms with E-state index in [0.29, 0.717) is 0 Å². The number of benzene rings is 2. The Morgan fingerprint density at radius 3 is 2.60 bits per heavy atom. The third kappa shape index (κ3) is 3.42. The van der Waals surface area contributed by atoms with Crippen LogP contribution in [-0.4, -0.2) is 12.9 Å². The fourth-order valence-electron chi connectivity index (χ4n) is 1.98. The first kappa shape index (κ1) is 14.7.